The van der Waals surface area contributed by atoms with Crippen LogP contribution in [0.4, 0.5) is 11.9 Å². The van der Waals surface area contributed by atoms with E-state index in [-0.39, 0.29) is 17.8 Å². The summed E-state index contributed by atoms with van der Waals surface area (Å²) in [7, 11) is 0. The first-order valence-electron chi connectivity index (χ1n) is 7.08. The van der Waals surface area contributed by atoms with E-state index in [0.717, 1.165) is 0 Å². The van der Waals surface area contributed by atoms with E-state index in [1.165, 1.54) is 30.5 Å². The van der Waals surface area contributed by atoms with Gasteiger partial charge in [-0.25, -0.2) is 19.9 Å². The van der Waals surface area contributed by atoms with Crippen LogP contribution in [0.3, 0.4) is 0 Å². The van der Waals surface area contributed by atoms with Crippen LogP contribution in [0.5, 0.6) is 0 Å². The number of rotatable bonds is 4. The number of H-pyrrole nitrogens is 1. The molecule has 0 aromatic carbocycles. The minimum atomic E-state index is -0.907. The lowest BCUT2D eigenvalue weighted by molar-refractivity contribution is -0.117. The summed E-state index contributed by atoms with van der Waals surface area (Å²) >= 11 is 1.21. The summed E-state index contributed by atoms with van der Waals surface area (Å²) in [5.74, 6) is -0.132. The number of nitrogens with zero attached hydrogens (tertiary/aromatic N) is 6. The molecule has 0 bridgehead atoms. The maximum absolute atomic E-state index is 12.6. The second kappa shape index (κ2) is 6.33. The van der Waals surface area contributed by atoms with Crippen molar-refractivity contribution in [3.63, 3.8) is 0 Å². The molecule has 0 saturated carbocycles. The molecule has 3 aromatic heterocycles. The van der Waals surface area contributed by atoms with Crippen molar-refractivity contribution in [3.05, 3.63) is 24.3 Å². The van der Waals surface area contributed by atoms with Crippen LogP contribution in [-0.4, -0.2) is 40.6 Å². The summed E-state index contributed by atoms with van der Waals surface area (Å²) in [6, 6.07) is 1.91. The average molecular weight is 355 g/mol. The molecule has 3 rings (SSSR count). The minimum Gasteiger partial charge on any atom is -0.368 e. The van der Waals surface area contributed by atoms with Crippen molar-refractivity contribution in [2.75, 3.05) is 11.1 Å². The molecule has 1 amide bonds. The molecule has 3 aromatic rings. The van der Waals surface area contributed by atoms with Crippen LogP contribution < -0.4 is 11.1 Å². The number of nitriles is 1. The molecule has 3 heterocycles. The second-order valence-electron chi connectivity index (χ2n) is 5.46. The molecule has 25 heavy (non-hydrogen) atoms. The van der Waals surface area contributed by atoms with Crippen molar-refractivity contribution in [3.8, 4) is 6.07 Å². The third kappa shape index (κ3) is 3.48. The van der Waals surface area contributed by atoms with Gasteiger partial charge in [0, 0.05) is 0 Å². The number of carbonyl (C=O) groups is 1. The average Bonchev–Trinajstić information content (AvgIpc) is 3.03. The third-order valence-electron chi connectivity index (χ3n) is 3.17. The van der Waals surface area contributed by atoms with E-state index in [1.807, 2.05) is 6.07 Å². The molecule has 0 radical (unpaired) electrons. The first-order valence-corrected chi connectivity index (χ1v) is 7.90. The molecule has 0 saturated heterocycles. The summed E-state index contributed by atoms with van der Waals surface area (Å²) in [5.41, 5.74) is 7.04. The fourth-order valence-corrected chi connectivity index (χ4v) is 2.91. The number of thioether (sulfide) groups is 1. The summed E-state index contributed by atoms with van der Waals surface area (Å²) < 4.78 is -0.907. The van der Waals surface area contributed by atoms with Crippen LogP contribution in [-0.2, 0) is 4.79 Å². The highest BCUT2D eigenvalue weighted by molar-refractivity contribution is 8.01. The summed E-state index contributed by atoms with van der Waals surface area (Å²) in [5, 5.41) is 11.9. The number of nitrogens with one attached hydrogen (secondary N) is 2. The van der Waals surface area contributed by atoms with Crippen LogP contribution >= 0.6 is 11.8 Å². The monoisotopic (exact) mass is 355 g/mol. The van der Waals surface area contributed by atoms with Gasteiger partial charge < -0.3 is 10.7 Å². The van der Waals surface area contributed by atoms with Gasteiger partial charge in [0.1, 0.15) is 16.6 Å². The zero-order chi connectivity index (χ0) is 18.0. The van der Waals surface area contributed by atoms with E-state index in [4.69, 9.17) is 11.0 Å². The maximum atomic E-state index is 12.6. The van der Waals surface area contributed by atoms with Crippen LogP contribution in [0.15, 0.2) is 23.7 Å². The number of aromatic amines is 1. The Morgan fingerprint density at radius 3 is 2.72 bits per heavy atom. The Bertz CT molecular complexity index is 974. The first-order chi connectivity index (χ1) is 11.9. The number of nitrogens with two attached hydrogens (primary N) is 1. The van der Waals surface area contributed by atoms with Gasteiger partial charge in [-0.15, -0.1) is 0 Å². The quantitative estimate of drug-likeness (QED) is 0.460. The second-order valence-corrected chi connectivity index (χ2v) is 7.07. The maximum Gasteiger partial charge on any atom is 0.242 e. The van der Waals surface area contributed by atoms with Crippen molar-refractivity contribution >= 4 is 40.7 Å². The van der Waals surface area contributed by atoms with E-state index < -0.39 is 4.75 Å². The molecular formula is C14H13N9OS. The number of hydrogen-bond donors (Lipinski definition) is 3. The van der Waals surface area contributed by atoms with Gasteiger partial charge in [-0.3, -0.25) is 10.1 Å². The van der Waals surface area contributed by atoms with Crippen molar-refractivity contribution in [2.24, 2.45) is 0 Å². The Labute approximate surface area is 146 Å². The van der Waals surface area contributed by atoms with Gasteiger partial charge in [-0.2, -0.15) is 10.2 Å². The van der Waals surface area contributed by atoms with Crippen molar-refractivity contribution in [1.29, 1.82) is 5.26 Å². The first kappa shape index (κ1) is 16.6. The van der Waals surface area contributed by atoms with Gasteiger partial charge in [-0.05, 0) is 13.8 Å². The Kier molecular flexibility index (Phi) is 4.20. The number of hydrogen-bond acceptors (Lipinski definition) is 9. The predicted octanol–water partition coefficient (Wildman–Crippen LogP) is 1.11. The normalized spacial score (nSPS) is 11.2. The molecule has 10 nitrogen and oxygen atoms in total. The molecule has 0 aliphatic carbocycles. The fourth-order valence-electron chi connectivity index (χ4n) is 1.89. The number of imidazole rings is 1. The van der Waals surface area contributed by atoms with Crippen LogP contribution in [0, 0.1) is 11.3 Å². The lowest BCUT2D eigenvalue weighted by atomic mass is 10.2. The molecule has 0 aliphatic heterocycles. The van der Waals surface area contributed by atoms with E-state index >= 15 is 0 Å². The Morgan fingerprint density at radius 2 is 2.04 bits per heavy atom. The molecule has 0 unspecified atom stereocenters. The summed E-state index contributed by atoms with van der Waals surface area (Å²) in [4.78, 5) is 35.6. The standard InChI is InChI=1S/C14H13N9OS/c1-14(2,11(24)23-13-17-4-7(3-15)5-18-13)25-10-8-9(20-6-19-8)21-12(16)22-10/h4-6H,1-2H3,(H,17,18,23,24)(H3,16,19,20,21,22). The van der Waals surface area contributed by atoms with Gasteiger partial charge in [-0.1, -0.05) is 11.8 Å². The van der Waals surface area contributed by atoms with Gasteiger partial charge >= 0.3 is 0 Å². The molecule has 0 aliphatic rings. The molecule has 0 spiro atoms. The highest BCUT2D eigenvalue weighted by atomic mass is 32.2. The van der Waals surface area contributed by atoms with E-state index in [0.29, 0.717) is 21.8 Å². The van der Waals surface area contributed by atoms with Crippen LogP contribution in [0.25, 0.3) is 11.2 Å². The van der Waals surface area contributed by atoms with Gasteiger partial charge in [0.05, 0.1) is 29.0 Å². The summed E-state index contributed by atoms with van der Waals surface area (Å²) in [6.45, 7) is 3.47. The number of aromatic nitrogens is 6. The molecular weight excluding hydrogens is 342 g/mol. The van der Waals surface area contributed by atoms with Crippen LogP contribution in [0.1, 0.15) is 19.4 Å². The van der Waals surface area contributed by atoms with Crippen molar-refractivity contribution < 1.29 is 4.79 Å². The molecule has 4 N–H and O–H groups in total. The number of carbonyl (C=O) groups excluding carboxylic acids is 1. The van der Waals surface area contributed by atoms with Crippen molar-refractivity contribution in [1.82, 2.24) is 29.9 Å². The minimum absolute atomic E-state index is 0.0775. The lowest BCUT2D eigenvalue weighted by Crippen LogP contribution is -2.34. The number of nitrogen functional groups attached to an aromatic ring is 1. The zero-order valence-electron chi connectivity index (χ0n) is 13.3. The SMILES string of the molecule is CC(C)(Sc1nc(N)nc2nc[nH]c12)C(=O)Nc1ncc(C#N)cn1. The number of fused-ring (bicyclic) bond motifs is 1. The van der Waals surface area contributed by atoms with E-state index in [2.05, 4.69) is 35.2 Å². The van der Waals surface area contributed by atoms with E-state index in [9.17, 15) is 4.79 Å². The lowest BCUT2D eigenvalue weighted by Gasteiger charge is -2.22. The molecule has 126 valence electrons. The molecule has 0 atom stereocenters. The zero-order valence-corrected chi connectivity index (χ0v) is 14.1. The van der Waals surface area contributed by atoms with Gasteiger partial charge in [0.15, 0.2) is 5.65 Å². The Balaban J connectivity index is 1.81. The third-order valence-corrected chi connectivity index (χ3v) is 4.36. The molecule has 11 heteroatoms. The fraction of sp³-hybridized carbons (Fsp3) is 0.214. The topological polar surface area (TPSA) is 159 Å². The Hall–Kier alpha value is -3.26. The van der Waals surface area contributed by atoms with Crippen LogP contribution in [0.2, 0.25) is 0 Å². The smallest absolute Gasteiger partial charge is 0.242 e. The van der Waals surface area contributed by atoms with Gasteiger partial charge in [0.2, 0.25) is 17.8 Å². The van der Waals surface area contributed by atoms with E-state index in [1.54, 1.807) is 13.8 Å². The highest BCUT2D eigenvalue weighted by Gasteiger charge is 2.31. The van der Waals surface area contributed by atoms with Gasteiger partial charge in [0.25, 0.3) is 0 Å². The Morgan fingerprint density at radius 1 is 1.32 bits per heavy atom. The summed E-state index contributed by atoms with van der Waals surface area (Å²) in [6.07, 6.45) is 4.16. The molecule has 0 fully saturated rings. The number of anilines is 2. The number of amides is 1. The van der Waals surface area contributed by atoms with Crippen molar-refractivity contribution in [2.45, 2.75) is 23.6 Å². The highest BCUT2D eigenvalue weighted by Crippen LogP contribution is 2.35. The predicted molar refractivity (Wildman–Crippen MR) is 91.4 cm³/mol. The largest absolute Gasteiger partial charge is 0.368 e.